The fourth-order valence-electron chi connectivity index (χ4n) is 4.17. The smallest absolute Gasteiger partial charge is 0.256 e. The molecule has 0 aromatic heterocycles. The summed E-state index contributed by atoms with van der Waals surface area (Å²) >= 11 is 0. The quantitative estimate of drug-likeness (QED) is 0.488. The number of carbonyl (C=O) groups is 1. The van der Waals surface area contributed by atoms with Crippen LogP contribution in [0.25, 0.3) is 0 Å². The number of nitrogens with one attached hydrogen (secondary N) is 1. The minimum Gasteiger partial charge on any atom is -0.354 e. The van der Waals surface area contributed by atoms with Crippen molar-refractivity contribution in [1.82, 2.24) is 5.43 Å². The normalized spacial score (nSPS) is 20.5. The van der Waals surface area contributed by atoms with Gasteiger partial charge < -0.3 is 4.90 Å². The number of benzene rings is 1. The van der Waals surface area contributed by atoms with Crippen LogP contribution in [0.3, 0.4) is 0 Å². The molecule has 4 heteroatoms. The first-order chi connectivity index (χ1) is 11.2. The summed E-state index contributed by atoms with van der Waals surface area (Å²) in [5.41, 5.74) is 7.45. The van der Waals surface area contributed by atoms with Crippen LogP contribution in [-0.4, -0.2) is 17.5 Å². The number of nitrogens with zero attached hydrogens (tertiary/aromatic N) is 1. The summed E-state index contributed by atoms with van der Waals surface area (Å²) < 4.78 is 0. The van der Waals surface area contributed by atoms with Crippen LogP contribution in [0.5, 0.6) is 0 Å². The van der Waals surface area contributed by atoms with Crippen molar-refractivity contribution in [2.45, 2.75) is 84.7 Å². The zero-order valence-electron chi connectivity index (χ0n) is 16.1. The Labute approximate surface area is 146 Å². The highest BCUT2D eigenvalue weighted by atomic mass is 16.2. The molecule has 4 nitrogen and oxygen atoms in total. The molecule has 2 atom stereocenters. The summed E-state index contributed by atoms with van der Waals surface area (Å²) in [6, 6.07) is 4.33. The van der Waals surface area contributed by atoms with Gasteiger partial charge in [-0.3, -0.25) is 10.2 Å². The number of carbonyl (C=O) groups excluding carboxylic acids is 1. The third kappa shape index (κ3) is 3.44. The molecule has 0 fully saturated rings. The molecule has 0 unspecified atom stereocenters. The first-order valence-electron chi connectivity index (χ1n) is 9.13. The van der Waals surface area contributed by atoms with Gasteiger partial charge in [-0.15, -0.1) is 0 Å². The molecule has 0 spiro atoms. The molecule has 0 saturated carbocycles. The second-order valence-electron chi connectivity index (χ2n) is 7.95. The van der Waals surface area contributed by atoms with Crippen LogP contribution in [0.1, 0.15) is 76.0 Å². The number of anilines is 1. The molecular formula is C20H33N3O. The zero-order chi connectivity index (χ0) is 18.1. The van der Waals surface area contributed by atoms with E-state index in [0.29, 0.717) is 5.92 Å². The van der Waals surface area contributed by atoms with Crippen molar-refractivity contribution in [3.05, 3.63) is 28.8 Å². The Balaban J connectivity index is 2.58. The number of hydrogen-bond acceptors (Lipinski definition) is 3. The molecule has 1 aliphatic heterocycles. The van der Waals surface area contributed by atoms with Gasteiger partial charge in [-0.05, 0) is 69.2 Å². The Kier molecular flexibility index (Phi) is 5.59. The highest BCUT2D eigenvalue weighted by Gasteiger charge is 2.42. The third-order valence-electron chi connectivity index (χ3n) is 5.48. The van der Waals surface area contributed by atoms with Gasteiger partial charge in [0.2, 0.25) is 0 Å². The maximum absolute atomic E-state index is 12.6. The van der Waals surface area contributed by atoms with Gasteiger partial charge >= 0.3 is 0 Å². The standard InChI is InChI=1S/C20H33N3O/c1-7-8-9-17(19(24)22-21)23-18-11-14(3)13(2)10-16(18)15(4)12-20(23,5)6/h10-11,15,17H,7-9,12,21H2,1-6H3,(H,22,24)/t15-,17-/m0/s1. The molecule has 0 saturated heterocycles. The highest BCUT2D eigenvalue weighted by molar-refractivity contribution is 5.86. The van der Waals surface area contributed by atoms with Crippen LogP contribution in [0.4, 0.5) is 5.69 Å². The van der Waals surface area contributed by atoms with Gasteiger partial charge in [0.1, 0.15) is 6.04 Å². The molecular weight excluding hydrogens is 298 g/mol. The molecule has 1 amide bonds. The van der Waals surface area contributed by atoms with E-state index in [9.17, 15) is 4.79 Å². The summed E-state index contributed by atoms with van der Waals surface area (Å²) in [6.07, 6.45) is 3.94. The number of aryl methyl sites for hydroxylation is 2. The lowest BCUT2D eigenvalue weighted by atomic mass is 9.77. The van der Waals surface area contributed by atoms with Gasteiger partial charge in [0.05, 0.1) is 0 Å². The van der Waals surface area contributed by atoms with E-state index >= 15 is 0 Å². The van der Waals surface area contributed by atoms with Crippen molar-refractivity contribution in [3.63, 3.8) is 0 Å². The van der Waals surface area contributed by atoms with Crippen molar-refractivity contribution in [2.75, 3.05) is 4.90 Å². The first-order valence-corrected chi connectivity index (χ1v) is 9.13. The third-order valence-corrected chi connectivity index (χ3v) is 5.48. The largest absolute Gasteiger partial charge is 0.354 e. The second kappa shape index (κ2) is 7.14. The van der Waals surface area contributed by atoms with Crippen LogP contribution < -0.4 is 16.2 Å². The molecule has 0 aliphatic carbocycles. The second-order valence-corrected chi connectivity index (χ2v) is 7.95. The van der Waals surface area contributed by atoms with Crippen molar-refractivity contribution < 1.29 is 4.79 Å². The van der Waals surface area contributed by atoms with E-state index in [4.69, 9.17) is 5.84 Å². The average Bonchev–Trinajstić information content (AvgIpc) is 2.51. The summed E-state index contributed by atoms with van der Waals surface area (Å²) in [7, 11) is 0. The Hall–Kier alpha value is -1.55. The fraction of sp³-hybridized carbons (Fsp3) is 0.650. The number of nitrogens with two attached hydrogens (primary N) is 1. The number of rotatable bonds is 5. The predicted molar refractivity (Wildman–Crippen MR) is 101 cm³/mol. The van der Waals surface area contributed by atoms with Crippen LogP contribution in [0, 0.1) is 13.8 Å². The molecule has 1 heterocycles. The highest BCUT2D eigenvalue weighted by Crippen LogP contribution is 2.45. The van der Waals surface area contributed by atoms with E-state index < -0.39 is 0 Å². The Morgan fingerprint density at radius 1 is 1.38 bits per heavy atom. The minimum absolute atomic E-state index is 0.0843. The fourth-order valence-corrected chi connectivity index (χ4v) is 4.17. The number of unbranched alkanes of at least 4 members (excludes halogenated alkanes) is 1. The lowest BCUT2D eigenvalue weighted by Gasteiger charge is -2.51. The zero-order valence-corrected chi connectivity index (χ0v) is 16.1. The molecule has 0 radical (unpaired) electrons. The van der Waals surface area contributed by atoms with Crippen molar-refractivity contribution in [2.24, 2.45) is 5.84 Å². The van der Waals surface area contributed by atoms with Gasteiger partial charge in [-0.1, -0.05) is 32.8 Å². The molecule has 0 bridgehead atoms. The molecule has 24 heavy (non-hydrogen) atoms. The number of hydrazine groups is 1. The summed E-state index contributed by atoms with van der Waals surface area (Å²) in [6.45, 7) is 13.2. The summed E-state index contributed by atoms with van der Waals surface area (Å²) in [5.74, 6) is 5.91. The van der Waals surface area contributed by atoms with Crippen molar-refractivity contribution in [1.29, 1.82) is 0 Å². The van der Waals surface area contributed by atoms with E-state index in [1.165, 1.54) is 22.4 Å². The molecule has 1 aromatic rings. The maximum Gasteiger partial charge on any atom is 0.256 e. The Bertz CT molecular complexity index is 609. The molecule has 1 aromatic carbocycles. The van der Waals surface area contributed by atoms with E-state index in [1.54, 1.807) is 0 Å². The molecule has 1 aliphatic rings. The van der Waals surface area contributed by atoms with Gasteiger partial charge in [0.25, 0.3) is 5.91 Å². The monoisotopic (exact) mass is 331 g/mol. The number of amides is 1. The van der Waals surface area contributed by atoms with Crippen LogP contribution in [0.15, 0.2) is 12.1 Å². The number of hydrogen-bond donors (Lipinski definition) is 2. The van der Waals surface area contributed by atoms with E-state index in [-0.39, 0.29) is 17.5 Å². The van der Waals surface area contributed by atoms with Gasteiger partial charge in [-0.2, -0.15) is 0 Å². The van der Waals surface area contributed by atoms with E-state index in [2.05, 4.69) is 64.0 Å². The van der Waals surface area contributed by atoms with E-state index in [0.717, 1.165) is 25.7 Å². The van der Waals surface area contributed by atoms with Crippen molar-refractivity contribution in [3.8, 4) is 0 Å². The molecule has 134 valence electrons. The Morgan fingerprint density at radius 3 is 2.58 bits per heavy atom. The predicted octanol–water partition coefficient (Wildman–Crippen LogP) is 3.94. The van der Waals surface area contributed by atoms with Gasteiger partial charge in [0, 0.05) is 11.2 Å². The average molecular weight is 332 g/mol. The van der Waals surface area contributed by atoms with E-state index in [1.807, 2.05) is 0 Å². The SMILES string of the molecule is CCCC[C@@H](C(=O)NN)N1c2cc(C)c(C)cc2[C@@H](C)CC1(C)C. The van der Waals surface area contributed by atoms with Crippen LogP contribution >= 0.6 is 0 Å². The topological polar surface area (TPSA) is 58.4 Å². The van der Waals surface area contributed by atoms with Gasteiger partial charge in [-0.25, -0.2) is 5.84 Å². The summed E-state index contributed by atoms with van der Waals surface area (Å²) in [4.78, 5) is 14.9. The lowest BCUT2D eigenvalue weighted by molar-refractivity contribution is -0.123. The minimum atomic E-state index is -0.224. The molecule has 3 N–H and O–H groups in total. The van der Waals surface area contributed by atoms with Crippen molar-refractivity contribution >= 4 is 11.6 Å². The van der Waals surface area contributed by atoms with Crippen LogP contribution in [-0.2, 0) is 4.79 Å². The first kappa shape index (κ1) is 18.8. The lowest BCUT2D eigenvalue weighted by Crippen LogP contribution is -2.59. The number of fused-ring (bicyclic) bond motifs is 1. The van der Waals surface area contributed by atoms with Crippen LogP contribution in [0.2, 0.25) is 0 Å². The summed E-state index contributed by atoms with van der Waals surface area (Å²) in [5, 5.41) is 0. The maximum atomic E-state index is 12.6. The van der Waals surface area contributed by atoms with Gasteiger partial charge in [0.15, 0.2) is 0 Å². The molecule has 2 rings (SSSR count). The Morgan fingerprint density at radius 2 is 2.00 bits per heavy atom.